The minimum atomic E-state index is 0.332. The van der Waals surface area contributed by atoms with Gasteiger partial charge in [-0.15, -0.1) is 0 Å². The molecule has 27 heavy (non-hydrogen) atoms. The lowest BCUT2D eigenvalue weighted by atomic mass is 9.60. The highest BCUT2D eigenvalue weighted by molar-refractivity contribution is 5.80. The summed E-state index contributed by atoms with van der Waals surface area (Å²) in [6.45, 7) is 9.20. The van der Waals surface area contributed by atoms with Gasteiger partial charge in [0.05, 0.1) is 12.2 Å². The summed E-state index contributed by atoms with van der Waals surface area (Å²) in [7, 11) is 0. The first-order valence-electron chi connectivity index (χ1n) is 11.1. The summed E-state index contributed by atoms with van der Waals surface area (Å²) in [5.41, 5.74) is 0.332. The molecular weight excluding hydrogens is 342 g/mol. The third-order valence-electron chi connectivity index (χ3n) is 6.44. The zero-order valence-electron chi connectivity index (χ0n) is 17.3. The molecule has 0 aromatic rings. The van der Waals surface area contributed by atoms with Gasteiger partial charge in [-0.1, -0.05) is 12.8 Å². The van der Waals surface area contributed by atoms with Crippen molar-refractivity contribution in [3.8, 4) is 0 Å². The van der Waals surface area contributed by atoms with Crippen LogP contribution in [0.15, 0.2) is 4.99 Å². The highest BCUT2D eigenvalue weighted by atomic mass is 16.5. The van der Waals surface area contributed by atoms with Crippen LogP contribution in [0.25, 0.3) is 0 Å². The van der Waals surface area contributed by atoms with Gasteiger partial charge in [0.2, 0.25) is 0 Å². The van der Waals surface area contributed by atoms with E-state index < -0.39 is 0 Å². The van der Waals surface area contributed by atoms with E-state index in [0.29, 0.717) is 23.7 Å². The molecule has 1 heterocycles. The van der Waals surface area contributed by atoms with Crippen LogP contribution < -0.4 is 10.6 Å². The number of ether oxygens (including phenoxy) is 3. The van der Waals surface area contributed by atoms with Gasteiger partial charge >= 0.3 is 0 Å². The van der Waals surface area contributed by atoms with Crippen LogP contribution in [0.2, 0.25) is 0 Å². The average Bonchev–Trinajstić information content (AvgIpc) is 3.21. The number of hydrogen-bond donors (Lipinski definition) is 2. The molecule has 1 spiro atoms. The van der Waals surface area contributed by atoms with Crippen LogP contribution in [-0.2, 0) is 14.2 Å². The van der Waals surface area contributed by atoms with Gasteiger partial charge in [-0.25, -0.2) is 0 Å². The molecule has 2 saturated carbocycles. The van der Waals surface area contributed by atoms with Crippen molar-refractivity contribution in [2.75, 3.05) is 39.5 Å². The second-order valence-electron chi connectivity index (χ2n) is 8.11. The molecule has 0 radical (unpaired) electrons. The Morgan fingerprint density at radius 1 is 1.15 bits per heavy atom. The van der Waals surface area contributed by atoms with Crippen LogP contribution in [0, 0.1) is 5.41 Å². The molecule has 6 heteroatoms. The SMILES string of the molecule is CCNC(=NCCCOC1CCOCC1)NC1CC(OCC)C12CCCC2. The number of nitrogens with zero attached hydrogens (tertiary/aromatic N) is 1. The van der Waals surface area contributed by atoms with Crippen LogP contribution in [0.1, 0.15) is 65.2 Å². The second kappa shape index (κ2) is 10.6. The zero-order valence-corrected chi connectivity index (χ0v) is 17.3. The summed E-state index contributed by atoms with van der Waals surface area (Å²) in [6.07, 6.45) is 10.2. The van der Waals surface area contributed by atoms with E-state index in [9.17, 15) is 0 Å². The molecule has 156 valence electrons. The maximum Gasteiger partial charge on any atom is 0.191 e. The minimum Gasteiger partial charge on any atom is -0.381 e. The number of nitrogens with one attached hydrogen (secondary N) is 2. The van der Waals surface area contributed by atoms with E-state index in [2.05, 4.69) is 24.5 Å². The molecule has 2 unspecified atom stereocenters. The molecule has 0 aromatic heterocycles. The minimum absolute atomic E-state index is 0.332. The molecule has 0 amide bonds. The first-order chi connectivity index (χ1) is 13.3. The predicted octanol–water partition coefficient (Wildman–Crippen LogP) is 2.87. The maximum absolute atomic E-state index is 6.03. The van der Waals surface area contributed by atoms with Gasteiger partial charge in [0.15, 0.2) is 5.96 Å². The fraction of sp³-hybridized carbons (Fsp3) is 0.952. The fourth-order valence-corrected chi connectivity index (χ4v) is 4.92. The van der Waals surface area contributed by atoms with Crippen molar-refractivity contribution in [3.05, 3.63) is 0 Å². The standard InChI is InChI=1S/C21H39N3O3/c1-3-22-20(23-12-7-13-27-17-8-14-25-15-9-17)24-18-16-19(26-4-2)21(18)10-5-6-11-21/h17-19H,3-16H2,1-2H3,(H2,22,23,24). The number of hydrogen-bond acceptors (Lipinski definition) is 4. The second-order valence-corrected chi connectivity index (χ2v) is 8.11. The van der Waals surface area contributed by atoms with Crippen molar-refractivity contribution in [3.63, 3.8) is 0 Å². The van der Waals surface area contributed by atoms with Gasteiger partial charge in [0.1, 0.15) is 0 Å². The van der Waals surface area contributed by atoms with Crippen LogP contribution in [0.4, 0.5) is 0 Å². The molecule has 2 atom stereocenters. The Morgan fingerprint density at radius 2 is 1.93 bits per heavy atom. The molecule has 1 saturated heterocycles. The monoisotopic (exact) mass is 381 g/mol. The van der Waals surface area contributed by atoms with Crippen molar-refractivity contribution in [1.82, 2.24) is 10.6 Å². The quantitative estimate of drug-likeness (QED) is 0.365. The molecule has 0 bridgehead atoms. The first-order valence-corrected chi connectivity index (χ1v) is 11.1. The first kappa shape index (κ1) is 20.9. The maximum atomic E-state index is 6.03. The lowest BCUT2D eigenvalue weighted by Crippen LogP contribution is -2.65. The molecule has 2 aliphatic carbocycles. The third-order valence-corrected chi connectivity index (χ3v) is 6.44. The Kier molecular flexibility index (Phi) is 8.22. The normalized spacial score (nSPS) is 28.3. The van der Waals surface area contributed by atoms with E-state index in [-0.39, 0.29) is 0 Å². The van der Waals surface area contributed by atoms with Gasteiger partial charge < -0.3 is 24.8 Å². The Morgan fingerprint density at radius 3 is 2.63 bits per heavy atom. The fourth-order valence-electron chi connectivity index (χ4n) is 4.92. The summed E-state index contributed by atoms with van der Waals surface area (Å²) in [4.78, 5) is 4.79. The van der Waals surface area contributed by atoms with Gasteiger partial charge in [-0.2, -0.15) is 0 Å². The van der Waals surface area contributed by atoms with Crippen LogP contribution in [0.3, 0.4) is 0 Å². The molecule has 3 rings (SSSR count). The lowest BCUT2D eigenvalue weighted by molar-refractivity contribution is -0.125. The van der Waals surface area contributed by atoms with E-state index in [4.69, 9.17) is 19.2 Å². The zero-order chi connectivity index (χ0) is 19.0. The topological polar surface area (TPSA) is 64.1 Å². The molecule has 6 nitrogen and oxygen atoms in total. The largest absolute Gasteiger partial charge is 0.381 e. The highest BCUT2D eigenvalue weighted by Crippen LogP contribution is 2.54. The van der Waals surface area contributed by atoms with Crippen molar-refractivity contribution in [2.24, 2.45) is 10.4 Å². The summed E-state index contributed by atoms with van der Waals surface area (Å²) in [5.74, 6) is 0.954. The summed E-state index contributed by atoms with van der Waals surface area (Å²) in [5, 5.41) is 7.13. The van der Waals surface area contributed by atoms with Crippen molar-refractivity contribution in [1.29, 1.82) is 0 Å². The van der Waals surface area contributed by atoms with Gasteiger partial charge in [-0.3, -0.25) is 4.99 Å². The molecule has 1 aliphatic heterocycles. The Labute approximate surface area is 164 Å². The smallest absolute Gasteiger partial charge is 0.191 e. The molecule has 0 aromatic carbocycles. The molecule has 2 N–H and O–H groups in total. The van der Waals surface area contributed by atoms with Crippen molar-refractivity contribution in [2.45, 2.75) is 83.5 Å². The van der Waals surface area contributed by atoms with Gasteiger partial charge in [0, 0.05) is 51.0 Å². The number of rotatable bonds is 9. The van der Waals surface area contributed by atoms with Crippen molar-refractivity contribution >= 4 is 5.96 Å². The Balaban J connectivity index is 1.43. The molecule has 3 fully saturated rings. The predicted molar refractivity (Wildman–Crippen MR) is 108 cm³/mol. The van der Waals surface area contributed by atoms with Crippen LogP contribution in [-0.4, -0.2) is 63.7 Å². The van der Waals surface area contributed by atoms with E-state index >= 15 is 0 Å². The van der Waals surface area contributed by atoms with Crippen LogP contribution >= 0.6 is 0 Å². The summed E-state index contributed by atoms with van der Waals surface area (Å²) < 4.78 is 17.4. The number of guanidine groups is 1. The third kappa shape index (κ3) is 5.36. The molecular formula is C21H39N3O3. The van der Waals surface area contributed by atoms with E-state index in [0.717, 1.165) is 71.2 Å². The Hall–Kier alpha value is -0.850. The van der Waals surface area contributed by atoms with Gasteiger partial charge in [0.25, 0.3) is 0 Å². The summed E-state index contributed by atoms with van der Waals surface area (Å²) in [6, 6.07) is 0.493. The van der Waals surface area contributed by atoms with Gasteiger partial charge in [-0.05, 0) is 52.4 Å². The lowest BCUT2D eigenvalue weighted by Gasteiger charge is -2.54. The van der Waals surface area contributed by atoms with Crippen LogP contribution in [0.5, 0.6) is 0 Å². The highest BCUT2D eigenvalue weighted by Gasteiger charge is 2.56. The van der Waals surface area contributed by atoms with E-state index in [1.165, 1.54) is 25.7 Å². The molecule has 3 aliphatic rings. The summed E-state index contributed by atoms with van der Waals surface area (Å²) >= 11 is 0. The van der Waals surface area contributed by atoms with E-state index in [1.807, 2.05) is 0 Å². The Bertz CT molecular complexity index is 460. The van der Waals surface area contributed by atoms with E-state index in [1.54, 1.807) is 0 Å². The van der Waals surface area contributed by atoms with Crippen molar-refractivity contribution < 1.29 is 14.2 Å². The average molecular weight is 382 g/mol. The number of aliphatic imine (C=N–C) groups is 1.